The number of H-pyrrole nitrogens is 1. The fourth-order valence-electron chi connectivity index (χ4n) is 1.77. The largest absolute Gasteiger partial charge is 0.337 e. The van der Waals surface area contributed by atoms with Crippen molar-refractivity contribution in [1.82, 2.24) is 19.3 Å². The quantitative estimate of drug-likeness (QED) is 0.831. The van der Waals surface area contributed by atoms with E-state index in [0.717, 1.165) is 17.0 Å². The first-order valence-corrected chi connectivity index (χ1v) is 5.75. The maximum Gasteiger partial charge on any atom is 0.177 e. The Balaban J connectivity index is 2.38. The van der Waals surface area contributed by atoms with Gasteiger partial charge in [-0.25, -0.2) is 0 Å². The molecule has 4 nitrogen and oxygen atoms in total. The third-order valence-electron chi connectivity index (χ3n) is 2.73. The Morgan fingerprint density at radius 1 is 1.50 bits per heavy atom. The van der Waals surface area contributed by atoms with Crippen molar-refractivity contribution < 1.29 is 0 Å². The van der Waals surface area contributed by atoms with Crippen molar-refractivity contribution in [3.05, 3.63) is 34.6 Å². The summed E-state index contributed by atoms with van der Waals surface area (Å²) < 4.78 is 4.76. The van der Waals surface area contributed by atoms with E-state index < -0.39 is 0 Å². The molecule has 0 atom stereocenters. The number of aromatic nitrogens is 4. The van der Waals surface area contributed by atoms with Crippen molar-refractivity contribution in [3.63, 3.8) is 0 Å². The molecular weight excluding hydrogens is 220 g/mol. The first-order chi connectivity index (χ1) is 7.59. The highest BCUT2D eigenvalue weighted by molar-refractivity contribution is 7.71. The van der Waals surface area contributed by atoms with E-state index in [-0.39, 0.29) is 0 Å². The first-order valence-electron chi connectivity index (χ1n) is 5.34. The van der Waals surface area contributed by atoms with E-state index in [9.17, 15) is 0 Å². The van der Waals surface area contributed by atoms with Crippen LogP contribution in [0.25, 0.3) is 0 Å². The normalized spacial score (nSPS) is 11.2. The summed E-state index contributed by atoms with van der Waals surface area (Å²) in [6.45, 7) is 5.10. The van der Waals surface area contributed by atoms with Gasteiger partial charge in [-0.05, 0) is 24.2 Å². The molecule has 86 valence electrons. The van der Waals surface area contributed by atoms with Crippen LogP contribution in [-0.4, -0.2) is 19.3 Å². The third kappa shape index (κ3) is 1.95. The Morgan fingerprint density at radius 3 is 2.81 bits per heavy atom. The number of aromatic amines is 1. The second kappa shape index (κ2) is 4.25. The maximum atomic E-state index is 5.29. The van der Waals surface area contributed by atoms with Crippen LogP contribution in [0.4, 0.5) is 0 Å². The summed E-state index contributed by atoms with van der Waals surface area (Å²) in [6.07, 6.45) is 3.80. The van der Waals surface area contributed by atoms with Crippen LogP contribution in [-0.2, 0) is 13.6 Å². The highest BCUT2D eigenvalue weighted by atomic mass is 32.1. The predicted octanol–water partition coefficient (Wildman–Crippen LogP) is 2.45. The van der Waals surface area contributed by atoms with Gasteiger partial charge < -0.3 is 9.55 Å². The van der Waals surface area contributed by atoms with Gasteiger partial charge in [-0.1, -0.05) is 13.8 Å². The molecule has 16 heavy (non-hydrogen) atoms. The Kier molecular flexibility index (Phi) is 2.96. The number of rotatable bonds is 3. The molecule has 0 bridgehead atoms. The summed E-state index contributed by atoms with van der Waals surface area (Å²) in [5.41, 5.74) is 2.38. The topological polar surface area (TPSA) is 38.5 Å². The van der Waals surface area contributed by atoms with Gasteiger partial charge in [-0.15, -0.1) is 0 Å². The Labute approximate surface area is 99.9 Å². The number of imidazole rings is 1. The number of aryl methyl sites for hydroxylation is 1. The van der Waals surface area contributed by atoms with Crippen LogP contribution in [0.2, 0.25) is 0 Å². The van der Waals surface area contributed by atoms with E-state index in [1.807, 2.05) is 24.0 Å². The van der Waals surface area contributed by atoms with Crippen molar-refractivity contribution >= 4 is 12.2 Å². The summed E-state index contributed by atoms with van der Waals surface area (Å²) in [7, 11) is 1.95. The van der Waals surface area contributed by atoms with Gasteiger partial charge in [0.25, 0.3) is 0 Å². The average molecular weight is 236 g/mol. The zero-order valence-corrected chi connectivity index (χ0v) is 10.6. The van der Waals surface area contributed by atoms with Gasteiger partial charge in [0.05, 0.1) is 12.2 Å². The van der Waals surface area contributed by atoms with Crippen molar-refractivity contribution in [1.29, 1.82) is 0 Å². The number of nitrogens with one attached hydrogen (secondary N) is 1. The molecule has 0 radical (unpaired) electrons. The lowest BCUT2D eigenvalue weighted by atomic mass is 10.1. The van der Waals surface area contributed by atoms with E-state index >= 15 is 0 Å². The minimum atomic E-state index is 0.459. The molecule has 0 saturated carbocycles. The Hall–Kier alpha value is -1.36. The van der Waals surface area contributed by atoms with Crippen LogP contribution < -0.4 is 0 Å². The Morgan fingerprint density at radius 2 is 2.25 bits per heavy atom. The van der Waals surface area contributed by atoms with Crippen LogP contribution in [0.1, 0.15) is 31.2 Å². The van der Waals surface area contributed by atoms with Crippen LogP contribution in [0.15, 0.2) is 18.5 Å². The molecule has 2 rings (SSSR count). The second-order valence-electron chi connectivity index (χ2n) is 4.21. The Bertz CT molecular complexity index is 532. The lowest BCUT2D eigenvalue weighted by Gasteiger charge is -2.10. The molecule has 0 aliphatic heterocycles. The van der Waals surface area contributed by atoms with E-state index in [4.69, 9.17) is 12.2 Å². The fourth-order valence-corrected chi connectivity index (χ4v) is 2.00. The van der Waals surface area contributed by atoms with Gasteiger partial charge in [0, 0.05) is 25.1 Å². The van der Waals surface area contributed by atoms with Crippen molar-refractivity contribution in [2.45, 2.75) is 26.3 Å². The lowest BCUT2D eigenvalue weighted by molar-refractivity contribution is 0.628. The lowest BCUT2D eigenvalue weighted by Crippen LogP contribution is -2.09. The van der Waals surface area contributed by atoms with Crippen molar-refractivity contribution in [2.24, 2.45) is 7.05 Å². The molecular formula is C11H16N4S. The summed E-state index contributed by atoms with van der Waals surface area (Å²) >= 11 is 5.29. The minimum absolute atomic E-state index is 0.459. The van der Waals surface area contributed by atoms with Crippen LogP contribution >= 0.6 is 12.2 Å². The standard InChI is InChI=1S/C11H16N4S/c1-8(2)10-6-12-11(16)15(10)7-9-4-5-13-14(9)3/h4-6,8H,7H2,1-3H3,(H,12,16). The van der Waals surface area contributed by atoms with Crippen LogP contribution in [0.3, 0.4) is 0 Å². The molecule has 2 heterocycles. The summed E-state index contributed by atoms with van der Waals surface area (Å²) in [4.78, 5) is 3.10. The van der Waals surface area contributed by atoms with E-state index in [2.05, 4.69) is 28.5 Å². The molecule has 1 N–H and O–H groups in total. The summed E-state index contributed by atoms with van der Waals surface area (Å²) in [5, 5.41) is 4.16. The fraction of sp³-hybridized carbons (Fsp3) is 0.455. The molecule has 0 spiro atoms. The van der Waals surface area contributed by atoms with Gasteiger partial charge in [0.15, 0.2) is 4.77 Å². The van der Waals surface area contributed by atoms with E-state index in [0.29, 0.717) is 5.92 Å². The first kappa shape index (κ1) is 11.1. The van der Waals surface area contributed by atoms with Gasteiger partial charge in [-0.3, -0.25) is 4.68 Å². The van der Waals surface area contributed by atoms with Crippen LogP contribution in [0, 0.1) is 4.77 Å². The number of hydrogen-bond acceptors (Lipinski definition) is 2. The van der Waals surface area contributed by atoms with Crippen molar-refractivity contribution in [3.8, 4) is 0 Å². The monoisotopic (exact) mass is 236 g/mol. The number of hydrogen-bond donors (Lipinski definition) is 1. The second-order valence-corrected chi connectivity index (χ2v) is 4.59. The molecule has 0 unspecified atom stereocenters. The van der Waals surface area contributed by atoms with E-state index in [1.165, 1.54) is 5.69 Å². The summed E-state index contributed by atoms with van der Waals surface area (Å²) in [5.74, 6) is 0.459. The van der Waals surface area contributed by atoms with Crippen molar-refractivity contribution in [2.75, 3.05) is 0 Å². The molecule has 0 aliphatic carbocycles. The average Bonchev–Trinajstić information content (AvgIpc) is 2.76. The molecule has 0 saturated heterocycles. The van der Waals surface area contributed by atoms with Gasteiger partial charge in [-0.2, -0.15) is 5.10 Å². The molecule has 0 fully saturated rings. The molecule has 0 aromatic carbocycles. The highest BCUT2D eigenvalue weighted by Crippen LogP contribution is 2.15. The smallest absolute Gasteiger partial charge is 0.177 e. The van der Waals surface area contributed by atoms with Gasteiger partial charge in [0.2, 0.25) is 0 Å². The van der Waals surface area contributed by atoms with Gasteiger partial charge in [0.1, 0.15) is 0 Å². The predicted molar refractivity (Wildman–Crippen MR) is 66.0 cm³/mol. The highest BCUT2D eigenvalue weighted by Gasteiger charge is 2.09. The zero-order chi connectivity index (χ0) is 11.7. The molecule has 0 aliphatic rings. The molecule has 2 aromatic rings. The van der Waals surface area contributed by atoms with E-state index in [1.54, 1.807) is 6.20 Å². The molecule has 5 heteroatoms. The SMILES string of the molecule is CC(C)c1c[nH]c(=S)n1Cc1ccnn1C. The number of nitrogens with zero attached hydrogens (tertiary/aromatic N) is 3. The maximum absolute atomic E-state index is 5.29. The summed E-state index contributed by atoms with van der Waals surface area (Å²) in [6, 6.07) is 2.01. The zero-order valence-electron chi connectivity index (χ0n) is 9.77. The minimum Gasteiger partial charge on any atom is -0.337 e. The third-order valence-corrected chi connectivity index (χ3v) is 3.07. The van der Waals surface area contributed by atoms with Crippen LogP contribution in [0.5, 0.6) is 0 Å². The van der Waals surface area contributed by atoms with Gasteiger partial charge >= 0.3 is 0 Å². The molecule has 0 amide bonds. The molecule has 2 aromatic heterocycles.